The van der Waals surface area contributed by atoms with Crippen molar-refractivity contribution < 1.29 is 19.1 Å². The molecular weight excluding hydrogens is 408 g/mol. The fourth-order valence-corrected chi connectivity index (χ4v) is 4.62. The van der Waals surface area contributed by atoms with Crippen molar-refractivity contribution in [2.24, 2.45) is 0 Å². The van der Waals surface area contributed by atoms with Crippen LogP contribution in [0.5, 0.6) is 0 Å². The first-order chi connectivity index (χ1) is 15.1. The summed E-state index contributed by atoms with van der Waals surface area (Å²) in [6.07, 6.45) is 4.77. The minimum absolute atomic E-state index is 0.0340. The fraction of sp³-hybridized carbons (Fsp3) is 0.750. The van der Waals surface area contributed by atoms with E-state index in [-0.39, 0.29) is 30.3 Å². The van der Waals surface area contributed by atoms with Gasteiger partial charge in [-0.25, -0.2) is 4.79 Å². The molecule has 8 nitrogen and oxygen atoms in total. The lowest BCUT2D eigenvalue weighted by Crippen LogP contribution is -2.46. The first kappa shape index (κ1) is 24.6. The van der Waals surface area contributed by atoms with E-state index in [1.165, 1.54) is 0 Å². The lowest BCUT2D eigenvalue weighted by molar-refractivity contribution is -0.0680. The van der Waals surface area contributed by atoms with E-state index < -0.39 is 5.60 Å². The van der Waals surface area contributed by atoms with Gasteiger partial charge in [-0.1, -0.05) is 0 Å². The van der Waals surface area contributed by atoms with Gasteiger partial charge in [0.25, 0.3) is 5.91 Å². The Hall–Kier alpha value is -2.06. The molecular formula is C24H40N4O4. The largest absolute Gasteiger partial charge is 0.444 e. The second kappa shape index (κ2) is 10.7. The molecule has 0 radical (unpaired) electrons. The number of morpholine rings is 1. The van der Waals surface area contributed by atoms with Gasteiger partial charge in [-0.2, -0.15) is 0 Å². The zero-order valence-corrected chi connectivity index (χ0v) is 20.3. The van der Waals surface area contributed by atoms with E-state index in [9.17, 15) is 9.59 Å². The molecule has 2 unspecified atom stereocenters. The van der Waals surface area contributed by atoms with E-state index in [0.29, 0.717) is 25.3 Å². The Kier molecular flexibility index (Phi) is 8.22. The molecule has 32 heavy (non-hydrogen) atoms. The summed E-state index contributed by atoms with van der Waals surface area (Å²) in [4.78, 5) is 29.3. The molecule has 8 heteroatoms. The van der Waals surface area contributed by atoms with Gasteiger partial charge in [-0.15, -0.1) is 0 Å². The summed E-state index contributed by atoms with van der Waals surface area (Å²) >= 11 is 0. The number of piperidine rings is 1. The molecule has 2 aliphatic heterocycles. The van der Waals surface area contributed by atoms with Crippen molar-refractivity contribution in [3.05, 3.63) is 24.0 Å². The highest BCUT2D eigenvalue weighted by atomic mass is 16.6. The third-order valence-corrected chi connectivity index (χ3v) is 5.95. The van der Waals surface area contributed by atoms with Crippen molar-refractivity contribution in [3.8, 4) is 0 Å². The van der Waals surface area contributed by atoms with Gasteiger partial charge in [0.2, 0.25) is 0 Å². The van der Waals surface area contributed by atoms with Crippen LogP contribution in [0.15, 0.2) is 18.3 Å². The van der Waals surface area contributed by atoms with E-state index in [1.54, 1.807) is 4.90 Å². The van der Waals surface area contributed by atoms with Crippen molar-refractivity contribution >= 4 is 12.0 Å². The number of hydrogen-bond acceptors (Lipinski definition) is 5. The van der Waals surface area contributed by atoms with Crippen LogP contribution in [-0.4, -0.2) is 83.4 Å². The summed E-state index contributed by atoms with van der Waals surface area (Å²) in [6, 6.07) is 4.01. The molecule has 2 amide bonds. The highest BCUT2D eigenvalue weighted by Gasteiger charge is 2.29. The molecule has 2 aliphatic rings. The van der Waals surface area contributed by atoms with Crippen LogP contribution in [0.1, 0.15) is 70.4 Å². The highest BCUT2D eigenvalue weighted by molar-refractivity contribution is 5.92. The average Bonchev–Trinajstić information content (AvgIpc) is 3.19. The molecule has 1 aromatic rings. The van der Waals surface area contributed by atoms with Crippen LogP contribution in [0.25, 0.3) is 0 Å². The Bertz CT molecular complexity index is 754. The van der Waals surface area contributed by atoms with Crippen molar-refractivity contribution in [1.29, 1.82) is 0 Å². The second-order valence-electron chi connectivity index (χ2n) is 10.1. The van der Waals surface area contributed by atoms with Crippen molar-refractivity contribution in [2.75, 3.05) is 39.3 Å². The lowest BCUT2D eigenvalue weighted by Gasteiger charge is -2.35. The normalized spacial score (nSPS) is 23.2. The third-order valence-electron chi connectivity index (χ3n) is 5.95. The number of amides is 2. The number of nitrogens with one attached hydrogen (secondary N) is 1. The molecule has 2 atom stereocenters. The maximum atomic E-state index is 12.8. The zero-order valence-electron chi connectivity index (χ0n) is 20.3. The number of ether oxygens (including phenoxy) is 2. The SMILES string of the molecule is CC1CN(CCCNC(=O)c2cccn2C2CCN(C(=O)OC(C)(C)C)CC2)CC(C)O1. The Balaban J connectivity index is 1.44. The Morgan fingerprint density at radius 2 is 1.81 bits per heavy atom. The Morgan fingerprint density at radius 1 is 1.16 bits per heavy atom. The average molecular weight is 449 g/mol. The summed E-state index contributed by atoms with van der Waals surface area (Å²) < 4.78 is 13.3. The van der Waals surface area contributed by atoms with E-state index >= 15 is 0 Å². The zero-order chi connectivity index (χ0) is 23.3. The van der Waals surface area contributed by atoms with Gasteiger partial charge in [-0.05, 0) is 66.0 Å². The van der Waals surface area contributed by atoms with Crippen LogP contribution in [0.2, 0.25) is 0 Å². The number of aromatic nitrogens is 1. The number of nitrogens with zero attached hydrogens (tertiary/aromatic N) is 3. The first-order valence-electron chi connectivity index (χ1n) is 11.9. The predicted octanol–water partition coefficient (Wildman–Crippen LogP) is 3.29. The number of hydrogen-bond donors (Lipinski definition) is 1. The highest BCUT2D eigenvalue weighted by Crippen LogP contribution is 2.25. The molecule has 180 valence electrons. The van der Waals surface area contributed by atoms with Crippen LogP contribution in [-0.2, 0) is 9.47 Å². The molecule has 2 fully saturated rings. The van der Waals surface area contributed by atoms with E-state index in [1.807, 2.05) is 39.1 Å². The number of carbonyl (C=O) groups excluding carboxylic acids is 2. The third kappa shape index (κ3) is 6.97. The van der Waals surface area contributed by atoms with Gasteiger partial charge in [0.15, 0.2) is 0 Å². The minimum atomic E-state index is -0.488. The standard InChI is InChI=1S/C24H40N4O4/c1-18-16-26(17-19(2)31-18)12-7-11-25-22(29)21-8-6-13-28(21)20-9-14-27(15-10-20)23(30)32-24(3,4)5/h6,8,13,18-20H,7,9-12,14-17H2,1-5H3,(H,25,29). The number of likely N-dealkylation sites (tertiary alicyclic amines) is 1. The van der Waals surface area contributed by atoms with Crippen LogP contribution < -0.4 is 5.32 Å². The number of rotatable bonds is 6. The minimum Gasteiger partial charge on any atom is -0.444 e. The molecule has 0 aliphatic carbocycles. The molecule has 2 saturated heterocycles. The van der Waals surface area contributed by atoms with Gasteiger partial charge >= 0.3 is 6.09 Å². The van der Waals surface area contributed by atoms with Crippen LogP contribution in [0, 0.1) is 0 Å². The lowest BCUT2D eigenvalue weighted by atomic mass is 10.0. The van der Waals surface area contributed by atoms with Crippen LogP contribution in [0.3, 0.4) is 0 Å². The summed E-state index contributed by atoms with van der Waals surface area (Å²) in [5, 5.41) is 3.08. The maximum absolute atomic E-state index is 12.8. The summed E-state index contributed by atoms with van der Waals surface area (Å²) in [7, 11) is 0. The van der Waals surface area contributed by atoms with Gasteiger partial charge in [0.1, 0.15) is 11.3 Å². The molecule has 1 N–H and O–H groups in total. The van der Waals surface area contributed by atoms with Crippen molar-refractivity contribution in [2.45, 2.75) is 77.7 Å². The fourth-order valence-electron chi connectivity index (χ4n) is 4.62. The smallest absolute Gasteiger partial charge is 0.410 e. The molecule has 0 aromatic carbocycles. The molecule has 1 aromatic heterocycles. The van der Waals surface area contributed by atoms with Gasteiger partial charge in [-0.3, -0.25) is 9.69 Å². The first-order valence-corrected chi connectivity index (χ1v) is 11.9. The summed E-state index contributed by atoms with van der Waals surface area (Å²) in [5.74, 6) is -0.0340. The van der Waals surface area contributed by atoms with Crippen LogP contribution >= 0.6 is 0 Å². The molecule has 3 heterocycles. The van der Waals surface area contributed by atoms with Crippen molar-refractivity contribution in [3.63, 3.8) is 0 Å². The van der Waals surface area contributed by atoms with Crippen molar-refractivity contribution in [1.82, 2.24) is 19.7 Å². The topological polar surface area (TPSA) is 76.0 Å². The van der Waals surface area contributed by atoms with Gasteiger partial charge in [0.05, 0.1) is 12.2 Å². The van der Waals surface area contributed by atoms with E-state index in [4.69, 9.17) is 9.47 Å². The van der Waals surface area contributed by atoms with Gasteiger partial charge < -0.3 is 24.3 Å². The van der Waals surface area contributed by atoms with E-state index in [2.05, 4.69) is 28.6 Å². The van der Waals surface area contributed by atoms with Gasteiger partial charge in [0, 0.05) is 51.5 Å². The molecule has 0 saturated carbocycles. The van der Waals surface area contributed by atoms with E-state index in [0.717, 1.165) is 38.9 Å². The summed E-state index contributed by atoms with van der Waals surface area (Å²) in [6.45, 7) is 14.6. The molecule has 0 spiro atoms. The Morgan fingerprint density at radius 3 is 2.44 bits per heavy atom. The monoisotopic (exact) mass is 448 g/mol. The summed E-state index contributed by atoms with van der Waals surface area (Å²) in [5.41, 5.74) is 0.201. The molecule has 0 bridgehead atoms. The predicted molar refractivity (Wildman–Crippen MR) is 124 cm³/mol. The van der Waals surface area contributed by atoms with Crippen LogP contribution in [0.4, 0.5) is 4.79 Å². The Labute approximate surface area is 192 Å². The molecule has 3 rings (SSSR count). The number of carbonyl (C=O) groups is 2. The second-order valence-corrected chi connectivity index (χ2v) is 10.1. The quantitative estimate of drug-likeness (QED) is 0.676. The maximum Gasteiger partial charge on any atom is 0.410 e.